The Morgan fingerprint density at radius 1 is 1.44 bits per heavy atom. The standard InChI is InChI=1S/C13H18ClNO/c1-11-5-6-12(10-13(11)14)4-3-7-15-8-9-16-2/h3-6,10,15H,7-9H2,1-2H3/b4-3+. The molecule has 3 heteroatoms. The molecule has 2 nitrogen and oxygen atoms in total. The van der Waals surface area contributed by atoms with Crippen molar-refractivity contribution in [1.29, 1.82) is 0 Å². The second kappa shape index (κ2) is 7.44. The summed E-state index contributed by atoms with van der Waals surface area (Å²) in [5.41, 5.74) is 2.24. The number of halogens is 1. The summed E-state index contributed by atoms with van der Waals surface area (Å²) >= 11 is 6.03. The van der Waals surface area contributed by atoms with Gasteiger partial charge in [0, 0.05) is 25.2 Å². The van der Waals surface area contributed by atoms with Gasteiger partial charge in [-0.1, -0.05) is 35.9 Å². The van der Waals surface area contributed by atoms with Gasteiger partial charge in [0.25, 0.3) is 0 Å². The molecule has 16 heavy (non-hydrogen) atoms. The zero-order valence-electron chi connectivity index (χ0n) is 9.79. The average Bonchev–Trinajstić information content (AvgIpc) is 2.28. The first-order chi connectivity index (χ1) is 7.74. The Balaban J connectivity index is 2.35. The molecule has 0 aromatic heterocycles. The summed E-state index contributed by atoms with van der Waals surface area (Å²) in [6, 6.07) is 6.07. The van der Waals surface area contributed by atoms with Crippen LogP contribution in [0.2, 0.25) is 5.02 Å². The van der Waals surface area contributed by atoms with Crippen LogP contribution in [0.5, 0.6) is 0 Å². The number of hydrogen-bond donors (Lipinski definition) is 1. The molecule has 1 aromatic carbocycles. The Morgan fingerprint density at radius 2 is 2.25 bits per heavy atom. The number of aryl methyl sites for hydroxylation is 1. The van der Waals surface area contributed by atoms with Gasteiger partial charge >= 0.3 is 0 Å². The molecular weight excluding hydrogens is 222 g/mol. The van der Waals surface area contributed by atoms with Crippen LogP contribution in [-0.2, 0) is 4.74 Å². The molecule has 0 fully saturated rings. The minimum atomic E-state index is 0.740. The van der Waals surface area contributed by atoms with Gasteiger partial charge in [0.15, 0.2) is 0 Å². The van der Waals surface area contributed by atoms with E-state index in [0.29, 0.717) is 0 Å². The molecule has 0 aliphatic rings. The summed E-state index contributed by atoms with van der Waals surface area (Å²) in [6.45, 7) is 4.46. The Bertz CT molecular complexity index is 350. The summed E-state index contributed by atoms with van der Waals surface area (Å²) in [7, 11) is 1.70. The van der Waals surface area contributed by atoms with Crippen molar-refractivity contribution in [3.05, 3.63) is 40.4 Å². The van der Waals surface area contributed by atoms with Gasteiger partial charge in [-0.05, 0) is 24.1 Å². The molecule has 0 atom stereocenters. The van der Waals surface area contributed by atoms with Crippen molar-refractivity contribution in [2.45, 2.75) is 6.92 Å². The van der Waals surface area contributed by atoms with E-state index in [2.05, 4.69) is 23.5 Å². The lowest BCUT2D eigenvalue weighted by molar-refractivity contribution is 0.200. The quantitative estimate of drug-likeness (QED) is 0.771. The topological polar surface area (TPSA) is 21.3 Å². The van der Waals surface area contributed by atoms with Crippen molar-refractivity contribution in [3.8, 4) is 0 Å². The van der Waals surface area contributed by atoms with Gasteiger partial charge in [0.2, 0.25) is 0 Å². The van der Waals surface area contributed by atoms with Crippen LogP contribution < -0.4 is 5.32 Å². The van der Waals surface area contributed by atoms with Crippen LogP contribution in [0.15, 0.2) is 24.3 Å². The minimum Gasteiger partial charge on any atom is -0.383 e. The highest BCUT2D eigenvalue weighted by atomic mass is 35.5. The molecule has 0 saturated carbocycles. The number of hydrogen-bond acceptors (Lipinski definition) is 2. The summed E-state index contributed by atoms with van der Waals surface area (Å²) < 4.78 is 4.93. The summed E-state index contributed by atoms with van der Waals surface area (Å²) in [5, 5.41) is 4.05. The van der Waals surface area contributed by atoms with Crippen molar-refractivity contribution in [2.24, 2.45) is 0 Å². The summed E-state index contributed by atoms with van der Waals surface area (Å²) in [5.74, 6) is 0. The molecule has 0 radical (unpaired) electrons. The summed E-state index contributed by atoms with van der Waals surface area (Å²) in [6.07, 6.45) is 4.14. The first kappa shape index (κ1) is 13.2. The molecule has 0 aliphatic heterocycles. The van der Waals surface area contributed by atoms with Gasteiger partial charge in [0.1, 0.15) is 0 Å². The Morgan fingerprint density at radius 3 is 2.94 bits per heavy atom. The van der Waals surface area contributed by atoms with E-state index in [9.17, 15) is 0 Å². The molecular formula is C13H18ClNO. The van der Waals surface area contributed by atoms with Crippen LogP contribution in [0.1, 0.15) is 11.1 Å². The maximum Gasteiger partial charge on any atom is 0.0587 e. The molecule has 1 rings (SSSR count). The van der Waals surface area contributed by atoms with Crippen molar-refractivity contribution in [3.63, 3.8) is 0 Å². The van der Waals surface area contributed by atoms with Gasteiger partial charge in [-0.3, -0.25) is 0 Å². The van der Waals surface area contributed by atoms with E-state index in [1.807, 2.05) is 19.1 Å². The van der Waals surface area contributed by atoms with Gasteiger partial charge in [-0.2, -0.15) is 0 Å². The molecule has 0 amide bonds. The Hall–Kier alpha value is -0.830. The third-order valence-corrected chi connectivity index (χ3v) is 2.66. The molecule has 88 valence electrons. The predicted octanol–water partition coefficient (Wildman–Crippen LogP) is 2.90. The zero-order valence-corrected chi connectivity index (χ0v) is 10.6. The lowest BCUT2D eigenvalue weighted by Crippen LogP contribution is -2.18. The number of benzene rings is 1. The highest BCUT2D eigenvalue weighted by Gasteiger charge is 1.94. The number of methoxy groups -OCH3 is 1. The maximum absolute atomic E-state index is 6.03. The first-order valence-electron chi connectivity index (χ1n) is 5.36. The molecule has 0 spiro atoms. The molecule has 0 saturated heterocycles. The normalized spacial score (nSPS) is 11.2. The van der Waals surface area contributed by atoms with E-state index < -0.39 is 0 Å². The predicted molar refractivity (Wildman–Crippen MR) is 70.0 cm³/mol. The molecule has 0 aliphatic carbocycles. The van der Waals surface area contributed by atoms with Crippen molar-refractivity contribution in [2.75, 3.05) is 26.8 Å². The highest BCUT2D eigenvalue weighted by molar-refractivity contribution is 6.31. The Labute approximate surface area is 102 Å². The van der Waals surface area contributed by atoms with Crippen LogP contribution in [0, 0.1) is 6.92 Å². The fourth-order valence-electron chi connectivity index (χ4n) is 1.27. The van der Waals surface area contributed by atoms with Crippen molar-refractivity contribution >= 4 is 17.7 Å². The minimum absolute atomic E-state index is 0.740. The first-order valence-corrected chi connectivity index (χ1v) is 5.74. The van der Waals surface area contributed by atoms with Crippen LogP contribution in [0.25, 0.3) is 6.08 Å². The SMILES string of the molecule is COCCNC/C=C/c1ccc(C)c(Cl)c1. The van der Waals surface area contributed by atoms with E-state index in [4.69, 9.17) is 16.3 Å². The third kappa shape index (κ3) is 4.79. The summed E-state index contributed by atoms with van der Waals surface area (Å²) in [4.78, 5) is 0. The van der Waals surface area contributed by atoms with Gasteiger partial charge in [0.05, 0.1) is 6.61 Å². The fraction of sp³-hybridized carbons (Fsp3) is 0.385. The average molecular weight is 240 g/mol. The van der Waals surface area contributed by atoms with Gasteiger partial charge in [-0.15, -0.1) is 0 Å². The number of ether oxygens (including phenoxy) is 1. The second-order valence-corrected chi connectivity index (χ2v) is 4.02. The van der Waals surface area contributed by atoms with E-state index >= 15 is 0 Å². The van der Waals surface area contributed by atoms with Crippen LogP contribution in [0.3, 0.4) is 0 Å². The number of nitrogens with one attached hydrogen (secondary N) is 1. The smallest absolute Gasteiger partial charge is 0.0587 e. The van der Waals surface area contributed by atoms with Crippen molar-refractivity contribution in [1.82, 2.24) is 5.32 Å². The highest BCUT2D eigenvalue weighted by Crippen LogP contribution is 2.17. The van der Waals surface area contributed by atoms with Crippen LogP contribution in [0.4, 0.5) is 0 Å². The van der Waals surface area contributed by atoms with E-state index in [1.165, 1.54) is 0 Å². The third-order valence-electron chi connectivity index (χ3n) is 2.25. The largest absolute Gasteiger partial charge is 0.383 e. The molecule has 0 bridgehead atoms. The van der Waals surface area contributed by atoms with E-state index in [0.717, 1.165) is 35.8 Å². The fourth-order valence-corrected chi connectivity index (χ4v) is 1.46. The lowest BCUT2D eigenvalue weighted by atomic mass is 10.1. The van der Waals surface area contributed by atoms with Crippen molar-refractivity contribution < 1.29 is 4.74 Å². The van der Waals surface area contributed by atoms with Crippen LogP contribution >= 0.6 is 11.6 Å². The monoisotopic (exact) mass is 239 g/mol. The van der Waals surface area contributed by atoms with E-state index in [-0.39, 0.29) is 0 Å². The van der Waals surface area contributed by atoms with E-state index in [1.54, 1.807) is 7.11 Å². The lowest BCUT2D eigenvalue weighted by Gasteiger charge is -2.00. The molecule has 1 aromatic rings. The second-order valence-electron chi connectivity index (χ2n) is 3.61. The molecule has 0 heterocycles. The Kier molecular flexibility index (Phi) is 6.16. The molecule has 0 unspecified atom stereocenters. The number of rotatable bonds is 6. The van der Waals surface area contributed by atoms with Gasteiger partial charge < -0.3 is 10.1 Å². The zero-order chi connectivity index (χ0) is 11.8. The van der Waals surface area contributed by atoms with Gasteiger partial charge in [-0.25, -0.2) is 0 Å². The maximum atomic E-state index is 6.03. The molecule has 1 N–H and O–H groups in total. The van der Waals surface area contributed by atoms with Crippen LogP contribution in [-0.4, -0.2) is 26.8 Å².